The van der Waals surface area contributed by atoms with Crippen LogP contribution < -0.4 is 0 Å². The van der Waals surface area contributed by atoms with Crippen LogP contribution in [-0.2, 0) is 4.79 Å². The van der Waals surface area contributed by atoms with Crippen LogP contribution in [-0.4, -0.2) is 5.78 Å². The van der Waals surface area contributed by atoms with Crippen molar-refractivity contribution in [2.45, 2.75) is 32.6 Å². The minimum absolute atomic E-state index is 0.316. The summed E-state index contributed by atoms with van der Waals surface area (Å²) in [6, 6.07) is 0. The SMILES string of the molecule is CC1=C[C@H]2C[C@@H]3C[C@H](C2)C(=O)[C@H]1C3. The van der Waals surface area contributed by atoms with Gasteiger partial charge in [0.25, 0.3) is 0 Å². The van der Waals surface area contributed by atoms with Crippen molar-refractivity contribution in [1.82, 2.24) is 0 Å². The predicted octanol–water partition coefficient (Wildman–Crippen LogP) is 2.57. The Labute approximate surface area is 79.2 Å². The Morgan fingerprint density at radius 2 is 2.08 bits per heavy atom. The molecular weight excluding hydrogens is 160 g/mol. The number of allylic oxidation sites excluding steroid dienone is 2. The number of ketones is 1. The van der Waals surface area contributed by atoms with Crippen molar-refractivity contribution < 1.29 is 4.79 Å². The normalized spacial score (nSPS) is 47.8. The highest BCUT2D eigenvalue weighted by molar-refractivity contribution is 5.87. The zero-order chi connectivity index (χ0) is 9.00. The van der Waals surface area contributed by atoms with Gasteiger partial charge in [-0.1, -0.05) is 11.6 Å². The molecule has 0 saturated heterocycles. The predicted molar refractivity (Wildman–Crippen MR) is 51.2 cm³/mol. The maximum atomic E-state index is 12.0. The average Bonchev–Trinajstić information content (AvgIpc) is 2.24. The molecule has 4 aliphatic carbocycles. The summed E-state index contributed by atoms with van der Waals surface area (Å²) in [7, 11) is 0. The molecule has 0 unspecified atom stereocenters. The van der Waals surface area contributed by atoms with Gasteiger partial charge in [-0.3, -0.25) is 4.79 Å². The summed E-state index contributed by atoms with van der Waals surface area (Å²) < 4.78 is 0. The van der Waals surface area contributed by atoms with E-state index in [-0.39, 0.29) is 0 Å². The Morgan fingerprint density at radius 3 is 2.92 bits per heavy atom. The lowest BCUT2D eigenvalue weighted by Crippen LogP contribution is -2.36. The molecule has 2 fully saturated rings. The van der Waals surface area contributed by atoms with E-state index in [1.54, 1.807) is 0 Å². The average molecular weight is 176 g/mol. The second-order valence-corrected chi connectivity index (χ2v) is 5.13. The Hall–Kier alpha value is -0.590. The molecule has 0 aromatic carbocycles. The van der Waals surface area contributed by atoms with Gasteiger partial charge < -0.3 is 0 Å². The molecule has 13 heavy (non-hydrogen) atoms. The molecule has 0 aromatic rings. The summed E-state index contributed by atoms with van der Waals surface area (Å²) in [4.78, 5) is 12.0. The zero-order valence-electron chi connectivity index (χ0n) is 8.12. The quantitative estimate of drug-likeness (QED) is 0.518. The van der Waals surface area contributed by atoms with E-state index in [0.717, 1.165) is 24.7 Å². The summed E-state index contributed by atoms with van der Waals surface area (Å²) >= 11 is 0. The van der Waals surface area contributed by atoms with Crippen LogP contribution in [0.2, 0.25) is 0 Å². The van der Waals surface area contributed by atoms with Crippen LogP contribution in [0, 0.1) is 23.7 Å². The standard InChI is InChI=1S/C12H16O/c1-7-2-8-3-9-5-10(4-8)12(13)11(7)6-9/h2,8-11H,3-6H2,1H3/t8-,9+,10-,11-/m0/s1. The first-order chi connectivity index (χ1) is 6.24. The fourth-order valence-corrected chi connectivity index (χ4v) is 3.68. The van der Waals surface area contributed by atoms with Crippen LogP contribution in [0.1, 0.15) is 32.6 Å². The van der Waals surface area contributed by atoms with Crippen molar-refractivity contribution in [3.8, 4) is 0 Å². The number of carbonyl (C=O) groups excluding carboxylic acids is 1. The molecule has 70 valence electrons. The van der Waals surface area contributed by atoms with Gasteiger partial charge in [-0.25, -0.2) is 0 Å². The van der Waals surface area contributed by atoms with E-state index in [1.165, 1.54) is 18.4 Å². The number of carbonyl (C=O) groups is 1. The highest BCUT2D eigenvalue weighted by Crippen LogP contribution is 2.48. The van der Waals surface area contributed by atoms with Crippen molar-refractivity contribution in [2.24, 2.45) is 23.7 Å². The maximum Gasteiger partial charge on any atom is 0.143 e. The van der Waals surface area contributed by atoms with Crippen molar-refractivity contribution in [2.75, 3.05) is 0 Å². The van der Waals surface area contributed by atoms with Gasteiger partial charge in [-0.15, -0.1) is 0 Å². The number of hydrogen-bond acceptors (Lipinski definition) is 1. The van der Waals surface area contributed by atoms with Gasteiger partial charge in [-0.2, -0.15) is 0 Å². The monoisotopic (exact) mass is 176 g/mol. The van der Waals surface area contributed by atoms with Gasteiger partial charge in [0.2, 0.25) is 0 Å². The Morgan fingerprint density at radius 1 is 1.23 bits per heavy atom. The van der Waals surface area contributed by atoms with Crippen LogP contribution in [0.25, 0.3) is 0 Å². The third-order valence-corrected chi connectivity index (χ3v) is 4.20. The molecule has 1 nitrogen and oxygen atoms in total. The van der Waals surface area contributed by atoms with Crippen LogP contribution in [0.4, 0.5) is 0 Å². The van der Waals surface area contributed by atoms with E-state index in [2.05, 4.69) is 13.0 Å². The molecule has 1 heteroatoms. The molecule has 0 aliphatic heterocycles. The smallest absolute Gasteiger partial charge is 0.143 e. The van der Waals surface area contributed by atoms with E-state index >= 15 is 0 Å². The van der Waals surface area contributed by atoms with E-state index in [9.17, 15) is 4.79 Å². The zero-order valence-corrected chi connectivity index (χ0v) is 8.12. The fourth-order valence-electron chi connectivity index (χ4n) is 3.68. The molecular formula is C12H16O. The Bertz CT molecular complexity index is 289. The molecule has 4 bridgehead atoms. The number of hydrogen-bond donors (Lipinski definition) is 0. The lowest BCUT2D eigenvalue weighted by Gasteiger charge is -2.37. The van der Waals surface area contributed by atoms with Gasteiger partial charge in [0.1, 0.15) is 5.78 Å². The fraction of sp³-hybridized carbons (Fsp3) is 0.750. The summed E-state index contributed by atoms with van der Waals surface area (Å²) in [5.74, 6) is 2.90. The molecule has 4 atom stereocenters. The van der Waals surface area contributed by atoms with E-state index in [1.807, 2.05) is 0 Å². The Balaban J connectivity index is 2.06. The summed E-state index contributed by atoms with van der Waals surface area (Å²) in [6.45, 7) is 2.16. The molecule has 0 N–H and O–H groups in total. The minimum Gasteiger partial charge on any atom is -0.299 e. The molecule has 0 aromatic heterocycles. The molecule has 0 amide bonds. The van der Waals surface area contributed by atoms with E-state index in [4.69, 9.17) is 0 Å². The minimum atomic E-state index is 0.316. The largest absolute Gasteiger partial charge is 0.299 e. The number of rotatable bonds is 0. The Kier molecular flexibility index (Phi) is 1.47. The van der Waals surface area contributed by atoms with Crippen LogP contribution >= 0.6 is 0 Å². The van der Waals surface area contributed by atoms with Gasteiger partial charge in [-0.05, 0) is 44.4 Å². The van der Waals surface area contributed by atoms with Crippen molar-refractivity contribution >= 4 is 5.78 Å². The molecule has 0 heterocycles. The van der Waals surface area contributed by atoms with Gasteiger partial charge in [0.15, 0.2) is 0 Å². The summed E-state index contributed by atoms with van der Waals surface area (Å²) in [5.41, 5.74) is 1.37. The van der Waals surface area contributed by atoms with Crippen LogP contribution in [0.5, 0.6) is 0 Å². The highest BCUT2D eigenvalue weighted by atomic mass is 16.1. The van der Waals surface area contributed by atoms with Crippen LogP contribution in [0.3, 0.4) is 0 Å². The van der Waals surface area contributed by atoms with Gasteiger partial charge in [0.05, 0.1) is 0 Å². The van der Waals surface area contributed by atoms with Crippen molar-refractivity contribution in [3.63, 3.8) is 0 Å². The highest BCUT2D eigenvalue weighted by Gasteiger charge is 2.44. The molecule has 0 radical (unpaired) electrons. The lowest BCUT2D eigenvalue weighted by molar-refractivity contribution is -0.130. The first kappa shape index (κ1) is 7.78. The first-order valence-corrected chi connectivity index (χ1v) is 5.46. The molecule has 4 rings (SSSR count). The first-order valence-electron chi connectivity index (χ1n) is 5.46. The van der Waals surface area contributed by atoms with Crippen molar-refractivity contribution in [3.05, 3.63) is 11.6 Å². The molecule has 0 spiro atoms. The summed E-state index contributed by atoms with van der Waals surface area (Å²) in [5, 5.41) is 0. The maximum absolute atomic E-state index is 12.0. The lowest BCUT2D eigenvalue weighted by atomic mass is 9.66. The van der Waals surface area contributed by atoms with Gasteiger partial charge >= 0.3 is 0 Å². The second kappa shape index (κ2) is 2.46. The van der Waals surface area contributed by atoms with Crippen molar-refractivity contribution in [1.29, 1.82) is 0 Å². The number of Topliss-reactive ketones (excluding diaryl/α,β-unsaturated/α-hetero) is 1. The van der Waals surface area contributed by atoms with Crippen LogP contribution in [0.15, 0.2) is 11.6 Å². The molecule has 2 saturated carbocycles. The second-order valence-electron chi connectivity index (χ2n) is 5.13. The topological polar surface area (TPSA) is 17.1 Å². The molecule has 4 aliphatic rings. The van der Waals surface area contributed by atoms with Gasteiger partial charge in [0, 0.05) is 11.8 Å². The summed E-state index contributed by atoms with van der Waals surface area (Å²) in [6.07, 6.45) is 7.27. The van der Waals surface area contributed by atoms with E-state index < -0.39 is 0 Å². The third-order valence-electron chi connectivity index (χ3n) is 4.20. The van der Waals surface area contributed by atoms with E-state index in [0.29, 0.717) is 17.6 Å². The third kappa shape index (κ3) is 1.02.